The Kier molecular flexibility index (Phi) is 11.0. The maximum Gasteiger partial charge on any atom is 0.264 e. The van der Waals surface area contributed by atoms with Gasteiger partial charge < -0.3 is 15.0 Å². The molecule has 3 rings (SSSR count). The number of rotatable bonds is 13. The summed E-state index contributed by atoms with van der Waals surface area (Å²) in [5, 5.41) is 3.14. The highest BCUT2D eigenvalue weighted by atomic mass is 35.5. The van der Waals surface area contributed by atoms with E-state index in [4.69, 9.17) is 16.3 Å². The number of para-hydroxylation sites is 1. The molecule has 0 aliphatic carbocycles. The topological polar surface area (TPSA) is 96.0 Å². The van der Waals surface area contributed by atoms with Crippen molar-refractivity contribution < 1.29 is 22.7 Å². The minimum absolute atomic E-state index is 0.0194. The zero-order chi connectivity index (χ0) is 29.3. The number of hydrogen-bond donors (Lipinski definition) is 1. The van der Waals surface area contributed by atoms with Crippen molar-refractivity contribution in [2.45, 2.75) is 57.1 Å². The highest BCUT2D eigenvalue weighted by Gasteiger charge is 2.34. The van der Waals surface area contributed by atoms with Gasteiger partial charge in [0, 0.05) is 12.6 Å². The van der Waals surface area contributed by atoms with Crippen LogP contribution in [0, 0.1) is 0 Å². The lowest BCUT2D eigenvalue weighted by molar-refractivity contribution is -0.140. The van der Waals surface area contributed by atoms with Crippen molar-refractivity contribution in [3.8, 4) is 5.75 Å². The second-order valence-electron chi connectivity index (χ2n) is 9.39. The predicted molar refractivity (Wildman–Crippen MR) is 158 cm³/mol. The van der Waals surface area contributed by atoms with E-state index < -0.39 is 28.5 Å². The SMILES string of the molecule is CC[C@H](C)NC(=O)[C@H](CC)N(Cc1ccc(OC)cc1)C(=O)CN(c1ccccc1Cl)S(=O)(=O)c1ccccc1. The van der Waals surface area contributed by atoms with Gasteiger partial charge >= 0.3 is 0 Å². The van der Waals surface area contributed by atoms with E-state index in [1.54, 1.807) is 61.7 Å². The van der Waals surface area contributed by atoms with Crippen molar-refractivity contribution in [3.05, 3.63) is 89.4 Å². The number of methoxy groups -OCH3 is 1. The van der Waals surface area contributed by atoms with Crippen LogP contribution in [0.15, 0.2) is 83.8 Å². The van der Waals surface area contributed by atoms with Crippen molar-refractivity contribution in [1.29, 1.82) is 0 Å². The molecule has 0 radical (unpaired) electrons. The number of benzene rings is 3. The fraction of sp³-hybridized carbons (Fsp3) is 0.333. The second-order valence-corrected chi connectivity index (χ2v) is 11.7. The minimum atomic E-state index is -4.18. The summed E-state index contributed by atoms with van der Waals surface area (Å²) in [6, 6.07) is 20.6. The first-order valence-electron chi connectivity index (χ1n) is 13.2. The van der Waals surface area contributed by atoms with Gasteiger partial charge in [0.25, 0.3) is 10.0 Å². The third-order valence-corrected chi connectivity index (χ3v) is 8.72. The Labute approximate surface area is 241 Å². The van der Waals surface area contributed by atoms with Gasteiger partial charge in [-0.3, -0.25) is 13.9 Å². The van der Waals surface area contributed by atoms with E-state index in [9.17, 15) is 18.0 Å². The molecule has 0 heterocycles. The van der Waals surface area contributed by atoms with Crippen LogP contribution in [0.4, 0.5) is 5.69 Å². The molecule has 8 nitrogen and oxygen atoms in total. The smallest absolute Gasteiger partial charge is 0.264 e. The molecule has 0 saturated heterocycles. The number of carbonyl (C=O) groups excluding carboxylic acids is 2. The number of halogens is 1. The largest absolute Gasteiger partial charge is 0.497 e. The van der Waals surface area contributed by atoms with E-state index in [0.29, 0.717) is 12.2 Å². The number of anilines is 1. The third kappa shape index (κ3) is 7.55. The molecular weight excluding hydrogens is 550 g/mol. The molecule has 0 aromatic heterocycles. The predicted octanol–water partition coefficient (Wildman–Crippen LogP) is 5.27. The molecule has 0 aliphatic heterocycles. The van der Waals surface area contributed by atoms with E-state index in [2.05, 4.69) is 5.32 Å². The van der Waals surface area contributed by atoms with Gasteiger partial charge in [-0.25, -0.2) is 8.42 Å². The van der Waals surface area contributed by atoms with Gasteiger partial charge in [0.1, 0.15) is 18.3 Å². The van der Waals surface area contributed by atoms with Gasteiger partial charge in [0.2, 0.25) is 11.8 Å². The van der Waals surface area contributed by atoms with Crippen molar-refractivity contribution in [2.75, 3.05) is 18.0 Å². The fourth-order valence-electron chi connectivity index (χ4n) is 4.18. The molecule has 0 bridgehead atoms. The summed E-state index contributed by atoms with van der Waals surface area (Å²) in [6.45, 7) is 5.22. The number of nitrogens with zero attached hydrogens (tertiary/aromatic N) is 2. The van der Waals surface area contributed by atoms with Crippen LogP contribution in [0.3, 0.4) is 0 Å². The molecule has 10 heteroatoms. The standard InChI is InChI=1S/C30H36ClN3O5S/c1-5-22(3)32-30(36)27(6-2)33(20-23-16-18-24(39-4)19-17-23)29(35)21-34(28-15-11-10-14-26(28)31)40(37,38)25-12-8-7-9-13-25/h7-19,22,27H,5-6,20-21H2,1-4H3,(H,32,36)/t22-,27-/m0/s1. The average molecular weight is 586 g/mol. The summed E-state index contributed by atoms with van der Waals surface area (Å²) in [7, 11) is -2.62. The van der Waals surface area contributed by atoms with E-state index in [0.717, 1.165) is 16.3 Å². The monoisotopic (exact) mass is 585 g/mol. The molecular formula is C30H36ClN3O5S. The van der Waals surface area contributed by atoms with Crippen LogP contribution < -0.4 is 14.4 Å². The maximum absolute atomic E-state index is 14.1. The van der Waals surface area contributed by atoms with E-state index in [-0.39, 0.29) is 34.1 Å². The van der Waals surface area contributed by atoms with Crippen LogP contribution in [-0.4, -0.2) is 50.9 Å². The van der Waals surface area contributed by atoms with Crippen molar-refractivity contribution in [1.82, 2.24) is 10.2 Å². The van der Waals surface area contributed by atoms with E-state index >= 15 is 0 Å². The molecule has 2 amide bonds. The Hall–Kier alpha value is -3.56. The van der Waals surface area contributed by atoms with Gasteiger partial charge in [0.05, 0.1) is 22.7 Å². The summed E-state index contributed by atoms with van der Waals surface area (Å²) < 4.78 is 33.9. The normalized spacial score (nSPS) is 12.7. The Morgan fingerprint density at radius 2 is 1.55 bits per heavy atom. The molecule has 1 N–H and O–H groups in total. The van der Waals surface area contributed by atoms with Gasteiger partial charge in [-0.15, -0.1) is 0 Å². The molecule has 0 saturated carbocycles. The average Bonchev–Trinajstić information content (AvgIpc) is 2.96. The molecule has 2 atom stereocenters. The van der Waals surface area contributed by atoms with Crippen LogP contribution >= 0.6 is 11.6 Å². The Balaban J connectivity index is 2.05. The molecule has 214 valence electrons. The molecule has 0 spiro atoms. The lowest BCUT2D eigenvalue weighted by atomic mass is 10.1. The molecule has 3 aromatic rings. The van der Waals surface area contributed by atoms with Crippen molar-refractivity contribution >= 4 is 39.1 Å². The number of ether oxygens (including phenoxy) is 1. The molecule has 40 heavy (non-hydrogen) atoms. The maximum atomic E-state index is 14.1. The van der Waals surface area contributed by atoms with Gasteiger partial charge in [-0.05, 0) is 61.7 Å². The molecule has 0 fully saturated rings. The number of sulfonamides is 1. The Morgan fingerprint density at radius 3 is 2.12 bits per heavy atom. The van der Waals surface area contributed by atoms with E-state index in [1.165, 1.54) is 17.0 Å². The van der Waals surface area contributed by atoms with Gasteiger partial charge in [0.15, 0.2) is 0 Å². The number of hydrogen-bond acceptors (Lipinski definition) is 5. The molecule has 3 aromatic carbocycles. The summed E-state index contributed by atoms with van der Waals surface area (Å²) in [6.07, 6.45) is 1.06. The van der Waals surface area contributed by atoms with Crippen LogP contribution in [-0.2, 0) is 26.2 Å². The zero-order valence-corrected chi connectivity index (χ0v) is 24.8. The Morgan fingerprint density at radius 1 is 0.925 bits per heavy atom. The lowest BCUT2D eigenvalue weighted by Crippen LogP contribution is -2.53. The third-order valence-electron chi connectivity index (χ3n) is 6.63. The molecule has 0 unspecified atom stereocenters. The number of nitrogens with one attached hydrogen (secondary N) is 1. The number of carbonyl (C=O) groups is 2. The van der Waals surface area contributed by atoms with Crippen LogP contribution in [0.25, 0.3) is 0 Å². The zero-order valence-electron chi connectivity index (χ0n) is 23.2. The van der Waals surface area contributed by atoms with Gasteiger partial charge in [-0.2, -0.15) is 0 Å². The summed E-state index contributed by atoms with van der Waals surface area (Å²) >= 11 is 6.44. The first kappa shape index (κ1) is 31.0. The van der Waals surface area contributed by atoms with Crippen LogP contribution in [0.1, 0.15) is 39.2 Å². The first-order valence-corrected chi connectivity index (χ1v) is 15.0. The lowest BCUT2D eigenvalue weighted by Gasteiger charge is -2.34. The Bertz CT molecular complexity index is 1380. The molecule has 0 aliphatic rings. The van der Waals surface area contributed by atoms with Crippen LogP contribution in [0.2, 0.25) is 5.02 Å². The highest BCUT2D eigenvalue weighted by Crippen LogP contribution is 2.31. The number of amides is 2. The summed E-state index contributed by atoms with van der Waals surface area (Å²) in [5.41, 5.74) is 0.932. The van der Waals surface area contributed by atoms with E-state index in [1.807, 2.05) is 32.9 Å². The fourth-order valence-corrected chi connectivity index (χ4v) is 5.92. The quantitative estimate of drug-likeness (QED) is 0.295. The van der Waals surface area contributed by atoms with Crippen LogP contribution in [0.5, 0.6) is 5.75 Å². The summed E-state index contributed by atoms with van der Waals surface area (Å²) in [4.78, 5) is 28.9. The van der Waals surface area contributed by atoms with Gasteiger partial charge in [-0.1, -0.05) is 67.9 Å². The van der Waals surface area contributed by atoms with Crippen molar-refractivity contribution in [3.63, 3.8) is 0 Å². The first-order chi connectivity index (χ1) is 19.1. The summed E-state index contributed by atoms with van der Waals surface area (Å²) in [5.74, 6) is -0.183. The minimum Gasteiger partial charge on any atom is -0.497 e. The highest BCUT2D eigenvalue weighted by molar-refractivity contribution is 7.92. The second kappa shape index (κ2) is 14.2. The van der Waals surface area contributed by atoms with Crippen molar-refractivity contribution in [2.24, 2.45) is 0 Å².